The SMILES string of the molecule is CCCCCCCCCCC[SiH2]N. The van der Waals surface area contributed by atoms with Crippen LogP contribution in [0.15, 0.2) is 0 Å². The van der Waals surface area contributed by atoms with E-state index >= 15 is 0 Å². The summed E-state index contributed by atoms with van der Waals surface area (Å²) in [5.41, 5.74) is 0. The average Bonchev–Trinajstić information content (AvgIpc) is 2.16. The maximum atomic E-state index is 5.56. The number of nitrogens with two attached hydrogens (primary N) is 1. The van der Waals surface area contributed by atoms with Crippen molar-refractivity contribution in [2.45, 2.75) is 70.8 Å². The second kappa shape index (κ2) is 12.2. The first-order valence-corrected chi connectivity index (χ1v) is 7.93. The Morgan fingerprint density at radius 1 is 0.769 bits per heavy atom. The zero-order chi connectivity index (χ0) is 9.78. The molecule has 0 aliphatic rings. The molecular weight excluding hydrogens is 174 g/mol. The molecule has 0 amide bonds. The van der Waals surface area contributed by atoms with Crippen molar-refractivity contribution in [2.75, 3.05) is 0 Å². The fourth-order valence-corrected chi connectivity index (χ4v) is 2.27. The smallest absolute Gasteiger partial charge is 0.0887 e. The van der Waals surface area contributed by atoms with E-state index in [-0.39, 0.29) is 9.68 Å². The van der Waals surface area contributed by atoms with Crippen LogP contribution in [-0.4, -0.2) is 9.68 Å². The van der Waals surface area contributed by atoms with Crippen LogP contribution in [0.4, 0.5) is 0 Å². The van der Waals surface area contributed by atoms with Crippen LogP contribution in [0.1, 0.15) is 64.7 Å². The summed E-state index contributed by atoms with van der Waals surface area (Å²) in [5, 5.41) is 5.56. The third-order valence-electron chi connectivity index (χ3n) is 2.56. The van der Waals surface area contributed by atoms with Gasteiger partial charge in [0.25, 0.3) is 0 Å². The molecule has 2 N–H and O–H groups in total. The second-order valence-corrected chi connectivity index (χ2v) is 5.26. The lowest BCUT2D eigenvalue weighted by molar-refractivity contribution is 0.572. The van der Waals surface area contributed by atoms with Gasteiger partial charge in [-0.25, -0.2) is 0 Å². The van der Waals surface area contributed by atoms with Gasteiger partial charge in [0, 0.05) is 0 Å². The van der Waals surface area contributed by atoms with Crippen LogP contribution in [0.5, 0.6) is 0 Å². The highest BCUT2D eigenvalue weighted by molar-refractivity contribution is 6.30. The molecule has 0 spiro atoms. The molecule has 0 heterocycles. The van der Waals surface area contributed by atoms with Crippen LogP contribution in [0.3, 0.4) is 0 Å². The minimum absolute atomic E-state index is 0.137. The highest BCUT2D eigenvalue weighted by Gasteiger charge is 1.91. The van der Waals surface area contributed by atoms with Gasteiger partial charge in [-0.1, -0.05) is 70.8 Å². The van der Waals surface area contributed by atoms with E-state index in [2.05, 4.69) is 6.92 Å². The zero-order valence-corrected chi connectivity index (χ0v) is 10.8. The summed E-state index contributed by atoms with van der Waals surface area (Å²) in [7, 11) is -0.137. The molecule has 0 aliphatic heterocycles. The van der Waals surface area contributed by atoms with E-state index in [1.807, 2.05) is 0 Å². The van der Waals surface area contributed by atoms with E-state index in [1.165, 1.54) is 63.8 Å². The Kier molecular flexibility index (Phi) is 12.3. The molecule has 0 rings (SSSR count). The van der Waals surface area contributed by atoms with Crippen molar-refractivity contribution < 1.29 is 0 Å². The Labute approximate surface area is 86.4 Å². The molecule has 0 aromatic rings. The van der Waals surface area contributed by atoms with Crippen molar-refractivity contribution in [3.63, 3.8) is 0 Å². The Morgan fingerprint density at radius 2 is 1.23 bits per heavy atom. The molecule has 2 heteroatoms. The van der Waals surface area contributed by atoms with Crippen LogP contribution >= 0.6 is 0 Å². The van der Waals surface area contributed by atoms with Gasteiger partial charge in [-0.05, 0) is 0 Å². The van der Waals surface area contributed by atoms with Crippen LogP contribution in [0.2, 0.25) is 6.04 Å². The average molecular weight is 201 g/mol. The van der Waals surface area contributed by atoms with Gasteiger partial charge in [0.2, 0.25) is 0 Å². The standard InChI is InChI=1S/C11H27NSi/c1-2-3-4-5-6-7-8-9-10-11-13-12/h2-13H2,1H3. The molecule has 0 fully saturated rings. The molecule has 0 bridgehead atoms. The van der Waals surface area contributed by atoms with E-state index < -0.39 is 0 Å². The van der Waals surface area contributed by atoms with Crippen LogP contribution < -0.4 is 5.40 Å². The topological polar surface area (TPSA) is 26.0 Å². The summed E-state index contributed by atoms with van der Waals surface area (Å²) in [6.07, 6.45) is 12.9. The normalized spacial score (nSPS) is 11.5. The van der Waals surface area contributed by atoms with Crippen molar-refractivity contribution in [3.05, 3.63) is 0 Å². The van der Waals surface area contributed by atoms with Gasteiger partial charge >= 0.3 is 0 Å². The molecule has 80 valence electrons. The van der Waals surface area contributed by atoms with Crippen molar-refractivity contribution in [1.82, 2.24) is 0 Å². The van der Waals surface area contributed by atoms with Crippen LogP contribution in [0, 0.1) is 0 Å². The van der Waals surface area contributed by atoms with Gasteiger partial charge in [-0.3, -0.25) is 0 Å². The second-order valence-electron chi connectivity index (χ2n) is 3.97. The molecule has 1 nitrogen and oxygen atoms in total. The minimum atomic E-state index is -0.137. The third-order valence-corrected chi connectivity index (χ3v) is 3.47. The molecule has 0 aromatic carbocycles. The van der Waals surface area contributed by atoms with Crippen molar-refractivity contribution in [1.29, 1.82) is 0 Å². The zero-order valence-electron chi connectivity index (χ0n) is 9.36. The van der Waals surface area contributed by atoms with Crippen LogP contribution in [-0.2, 0) is 0 Å². The maximum absolute atomic E-state index is 5.56. The molecular formula is C11H27NSi. The summed E-state index contributed by atoms with van der Waals surface area (Å²) in [6.45, 7) is 2.27. The van der Waals surface area contributed by atoms with Crippen molar-refractivity contribution in [2.24, 2.45) is 5.40 Å². The van der Waals surface area contributed by atoms with E-state index in [4.69, 9.17) is 5.40 Å². The van der Waals surface area contributed by atoms with Gasteiger partial charge < -0.3 is 5.40 Å². The summed E-state index contributed by atoms with van der Waals surface area (Å²) < 4.78 is 0. The summed E-state index contributed by atoms with van der Waals surface area (Å²) in [4.78, 5) is 0. The first-order chi connectivity index (χ1) is 6.41. The molecule has 0 unspecified atom stereocenters. The maximum Gasteiger partial charge on any atom is 0.0887 e. The first kappa shape index (κ1) is 13.2. The third kappa shape index (κ3) is 12.2. The summed E-state index contributed by atoms with van der Waals surface area (Å²) >= 11 is 0. The summed E-state index contributed by atoms with van der Waals surface area (Å²) in [5.74, 6) is 0. The number of rotatable bonds is 10. The molecule has 0 saturated heterocycles. The van der Waals surface area contributed by atoms with Crippen molar-refractivity contribution in [3.8, 4) is 0 Å². The highest BCUT2D eigenvalue weighted by Crippen LogP contribution is 2.09. The van der Waals surface area contributed by atoms with Crippen LogP contribution in [0.25, 0.3) is 0 Å². The Balaban J connectivity index is 2.76. The number of unbranched alkanes of at least 4 members (excludes halogenated alkanes) is 8. The number of hydrogen-bond acceptors (Lipinski definition) is 1. The van der Waals surface area contributed by atoms with Gasteiger partial charge in [-0.2, -0.15) is 0 Å². The lowest BCUT2D eigenvalue weighted by Crippen LogP contribution is -2.02. The fourth-order valence-electron chi connectivity index (χ4n) is 1.63. The van der Waals surface area contributed by atoms with Gasteiger partial charge in [0.05, 0.1) is 9.68 Å². The van der Waals surface area contributed by atoms with Crippen molar-refractivity contribution >= 4 is 9.68 Å². The molecule has 0 aliphatic carbocycles. The van der Waals surface area contributed by atoms with E-state index in [9.17, 15) is 0 Å². The largest absolute Gasteiger partial charge is 0.356 e. The molecule has 0 aromatic heterocycles. The number of hydrogen-bond donors (Lipinski definition) is 1. The lowest BCUT2D eigenvalue weighted by atomic mass is 10.1. The Hall–Kier alpha value is 0.177. The minimum Gasteiger partial charge on any atom is -0.356 e. The fraction of sp³-hybridized carbons (Fsp3) is 1.00. The van der Waals surface area contributed by atoms with E-state index in [0.29, 0.717) is 0 Å². The van der Waals surface area contributed by atoms with Gasteiger partial charge in [-0.15, -0.1) is 0 Å². The Morgan fingerprint density at radius 3 is 1.69 bits per heavy atom. The molecule has 13 heavy (non-hydrogen) atoms. The quantitative estimate of drug-likeness (QED) is 0.427. The highest BCUT2D eigenvalue weighted by atomic mass is 28.2. The molecule has 0 radical (unpaired) electrons. The lowest BCUT2D eigenvalue weighted by Gasteiger charge is -2.00. The predicted octanol–water partition coefficient (Wildman–Crippen LogP) is 2.98. The summed E-state index contributed by atoms with van der Waals surface area (Å²) in [6, 6.07) is 1.36. The first-order valence-electron chi connectivity index (χ1n) is 6.12. The van der Waals surface area contributed by atoms with Gasteiger partial charge in [0.1, 0.15) is 0 Å². The van der Waals surface area contributed by atoms with E-state index in [0.717, 1.165) is 0 Å². The molecule has 0 saturated carbocycles. The Bertz CT molecular complexity index is 76.2. The van der Waals surface area contributed by atoms with Gasteiger partial charge in [0.15, 0.2) is 0 Å². The van der Waals surface area contributed by atoms with E-state index in [1.54, 1.807) is 0 Å². The predicted molar refractivity (Wildman–Crippen MR) is 64.8 cm³/mol. The molecule has 0 atom stereocenters. The monoisotopic (exact) mass is 201 g/mol.